The second kappa shape index (κ2) is 6.80. The van der Waals surface area contributed by atoms with Crippen molar-refractivity contribution in [3.8, 4) is 6.07 Å². The van der Waals surface area contributed by atoms with E-state index >= 15 is 0 Å². The molecule has 18 heavy (non-hydrogen) atoms. The third-order valence-corrected chi connectivity index (χ3v) is 3.54. The van der Waals surface area contributed by atoms with E-state index in [1.165, 1.54) is 11.3 Å². The molecular weight excluding hydrogens is 288 g/mol. The molecule has 0 heterocycles. The number of aryl methyl sites for hydroxylation is 1. The smallest absolute Gasteiger partial charge is 0.0683 e. The maximum absolute atomic E-state index is 8.95. The van der Waals surface area contributed by atoms with E-state index < -0.39 is 0 Å². The number of rotatable bonds is 6. The molecule has 0 atom stereocenters. The summed E-state index contributed by atoms with van der Waals surface area (Å²) in [7, 11) is 0. The highest BCUT2D eigenvalue weighted by atomic mass is 79.9. The van der Waals surface area contributed by atoms with E-state index in [4.69, 9.17) is 5.26 Å². The Hall–Kier alpha value is -1.01. The molecule has 1 aromatic rings. The minimum Gasteiger partial charge on any atom is -0.385 e. The van der Waals surface area contributed by atoms with Gasteiger partial charge in [0.2, 0.25) is 0 Å². The molecule has 3 heteroatoms. The zero-order valence-corrected chi connectivity index (χ0v) is 13.0. The van der Waals surface area contributed by atoms with Gasteiger partial charge in [0.25, 0.3) is 0 Å². The van der Waals surface area contributed by atoms with E-state index in [-0.39, 0.29) is 5.41 Å². The molecule has 1 aromatic carbocycles. The molecule has 1 N–H and O–H groups in total. The first-order valence-corrected chi connectivity index (χ1v) is 7.21. The van der Waals surface area contributed by atoms with Crippen LogP contribution in [0, 0.1) is 16.7 Å². The lowest BCUT2D eigenvalue weighted by atomic mass is 9.90. The van der Waals surface area contributed by atoms with Crippen LogP contribution in [-0.4, -0.2) is 6.54 Å². The molecule has 0 saturated carbocycles. The highest BCUT2D eigenvalue weighted by Crippen LogP contribution is 2.23. The van der Waals surface area contributed by atoms with Crippen LogP contribution in [-0.2, 0) is 6.42 Å². The summed E-state index contributed by atoms with van der Waals surface area (Å²) < 4.78 is 1.12. The van der Waals surface area contributed by atoms with Gasteiger partial charge in [0.15, 0.2) is 0 Å². The molecule has 0 fully saturated rings. The zero-order chi connectivity index (χ0) is 13.6. The van der Waals surface area contributed by atoms with E-state index in [1.807, 2.05) is 13.8 Å². The number of nitrogens with one attached hydrogen (secondary N) is 1. The van der Waals surface area contributed by atoms with Crippen LogP contribution in [0.4, 0.5) is 5.69 Å². The molecule has 0 spiro atoms. The normalized spacial score (nSPS) is 11.1. The third-order valence-electron chi connectivity index (χ3n) is 3.04. The lowest BCUT2D eigenvalue weighted by molar-refractivity contribution is 0.441. The van der Waals surface area contributed by atoms with Crippen molar-refractivity contribution in [3.05, 3.63) is 28.2 Å². The molecule has 2 nitrogen and oxygen atoms in total. The summed E-state index contributed by atoms with van der Waals surface area (Å²) in [6.45, 7) is 7.06. The van der Waals surface area contributed by atoms with Crippen LogP contribution in [0.25, 0.3) is 0 Å². The summed E-state index contributed by atoms with van der Waals surface area (Å²) in [5, 5.41) is 12.4. The Kier molecular flexibility index (Phi) is 5.68. The number of nitrogens with zero attached hydrogens (tertiary/aromatic N) is 1. The number of benzene rings is 1. The van der Waals surface area contributed by atoms with Gasteiger partial charge >= 0.3 is 0 Å². The van der Waals surface area contributed by atoms with Crippen molar-refractivity contribution >= 4 is 21.6 Å². The zero-order valence-electron chi connectivity index (χ0n) is 11.4. The number of halogens is 1. The molecule has 0 aliphatic carbocycles. The SMILES string of the molecule is CCc1cc(Br)ccc1NCCCC(C)(C)C#N. The summed E-state index contributed by atoms with van der Waals surface area (Å²) in [4.78, 5) is 0. The first kappa shape index (κ1) is 15.0. The van der Waals surface area contributed by atoms with Crippen LogP contribution in [0.5, 0.6) is 0 Å². The standard InChI is InChI=1S/C15H21BrN2/c1-4-12-10-13(16)6-7-14(12)18-9-5-8-15(2,3)11-17/h6-7,10,18H,4-5,8-9H2,1-3H3. The Morgan fingerprint density at radius 2 is 2.11 bits per heavy atom. The van der Waals surface area contributed by atoms with Gasteiger partial charge < -0.3 is 5.32 Å². The van der Waals surface area contributed by atoms with Crippen LogP contribution < -0.4 is 5.32 Å². The minimum atomic E-state index is -0.213. The predicted octanol–water partition coefficient (Wildman–Crippen LogP) is 4.75. The monoisotopic (exact) mass is 308 g/mol. The van der Waals surface area contributed by atoms with Crippen molar-refractivity contribution in [2.45, 2.75) is 40.0 Å². The number of anilines is 1. The van der Waals surface area contributed by atoms with Crippen molar-refractivity contribution in [3.63, 3.8) is 0 Å². The van der Waals surface area contributed by atoms with Crippen molar-refractivity contribution < 1.29 is 0 Å². The Bertz CT molecular complexity index is 433. The fraction of sp³-hybridized carbons (Fsp3) is 0.533. The first-order valence-electron chi connectivity index (χ1n) is 6.42. The van der Waals surface area contributed by atoms with Crippen LogP contribution in [0.15, 0.2) is 22.7 Å². The van der Waals surface area contributed by atoms with Crippen molar-refractivity contribution in [1.82, 2.24) is 0 Å². The lowest BCUT2D eigenvalue weighted by Crippen LogP contribution is -2.11. The number of hydrogen-bond acceptors (Lipinski definition) is 2. The van der Waals surface area contributed by atoms with E-state index in [0.717, 1.165) is 30.3 Å². The number of nitriles is 1. The van der Waals surface area contributed by atoms with Gasteiger partial charge in [0.1, 0.15) is 0 Å². The lowest BCUT2D eigenvalue weighted by Gasteiger charge is -2.16. The van der Waals surface area contributed by atoms with Gasteiger partial charge in [0.05, 0.1) is 11.5 Å². The summed E-state index contributed by atoms with van der Waals surface area (Å²) in [6, 6.07) is 8.66. The maximum atomic E-state index is 8.95. The Morgan fingerprint density at radius 1 is 1.39 bits per heavy atom. The Balaban J connectivity index is 2.47. The molecule has 1 rings (SSSR count). The Labute approximate surface area is 119 Å². The van der Waals surface area contributed by atoms with Gasteiger partial charge in [-0.15, -0.1) is 0 Å². The summed E-state index contributed by atoms with van der Waals surface area (Å²) in [5.74, 6) is 0. The molecule has 0 saturated heterocycles. The molecule has 0 aliphatic heterocycles. The van der Waals surface area contributed by atoms with Gasteiger partial charge in [-0.05, 0) is 56.9 Å². The highest BCUT2D eigenvalue weighted by Gasteiger charge is 2.15. The molecule has 98 valence electrons. The second-order valence-electron chi connectivity index (χ2n) is 5.18. The van der Waals surface area contributed by atoms with E-state index in [1.54, 1.807) is 0 Å². The van der Waals surface area contributed by atoms with Gasteiger partial charge in [-0.3, -0.25) is 0 Å². The van der Waals surface area contributed by atoms with Crippen molar-refractivity contribution in [2.75, 3.05) is 11.9 Å². The number of hydrogen-bond donors (Lipinski definition) is 1. The molecule has 0 unspecified atom stereocenters. The summed E-state index contributed by atoms with van der Waals surface area (Å²) in [6.07, 6.45) is 2.96. The van der Waals surface area contributed by atoms with Gasteiger partial charge in [-0.25, -0.2) is 0 Å². The first-order chi connectivity index (χ1) is 8.48. The van der Waals surface area contributed by atoms with Crippen molar-refractivity contribution in [2.24, 2.45) is 5.41 Å². The molecule has 0 bridgehead atoms. The van der Waals surface area contributed by atoms with Gasteiger partial charge in [-0.1, -0.05) is 22.9 Å². The highest BCUT2D eigenvalue weighted by molar-refractivity contribution is 9.10. The maximum Gasteiger partial charge on any atom is 0.0683 e. The average Bonchev–Trinajstić information content (AvgIpc) is 2.36. The van der Waals surface area contributed by atoms with E-state index in [0.29, 0.717) is 0 Å². The summed E-state index contributed by atoms with van der Waals surface area (Å²) in [5.41, 5.74) is 2.31. The van der Waals surface area contributed by atoms with Crippen molar-refractivity contribution in [1.29, 1.82) is 5.26 Å². The van der Waals surface area contributed by atoms with Crippen LogP contribution in [0.3, 0.4) is 0 Å². The van der Waals surface area contributed by atoms with Gasteiger partial charge in [-0.2, -0.15) is 5.26 Å². The van der Waals surface area contributed by atoms with E-state index in [2.05, 4.69) is 52.4 Å². The topological polar surface area (TPSA) is 35.8 Å². The van der Waals surface area contributed by atoms with E-state index in [9.17, 15) is 0 Å². The average molecular weight is 309 g/mol. The molecule has 0 radical (unpaired) electrons. The molecule has 0 amide bonds. The summed E-state index contributed by atoms with van der Waals surface area (Å²) >= 11 is 3.49. The minimum absolute atomic E-state index is 0.213. The quantitative estimate of drug-likeness (QED) is 0.769. The molecule has 0 aromatic heterocycles. The molecule has 0 aliphatic rings. The fourth-order valence-electron chi connectivity index (χ4n) is 1.84. The van der Waals surface area contributed by atoms with Crippen LogP contribution >= 0.6 is 15.9 Å². The van der Waals surface area contributed by atoms with Crippen LogP contribution in [0.2, 0.25) is 0 Å². The second-order valence-corrected chi connectivity index (χ2v) is 6.10. The largest absolute Gasteiger partial charge is 0.385 e. The van der Waals surface area contributed by atoms with Crippen LogP contribution in [0.1, 0.15) is 39.2 Å². The molecular formula is C15H21BrN2. The predicted molar refractivity (Wildman–Crippen MR) is 80.6 cm³/mol. The Morgan fingerprint density at radius 3 is 2.72 bits per heavy atom. The fourth-order valence-corrected chi connectivity index (χ4v) is 2.25. The third kappa shape index (κ3) is 4.70. The van der Waals surface area contributed by atoms with Gasteiger partial charge in [0, 0.05) is 16.7 Å².